The third-order valence-electron chi connectivity index (χ3n) is 6.03. The fourth-order valence-corrected chi connectivity index (χ4v) is 4.20. The Morgan fingerprint density at radius 3 is 2.43 bits per heavy atom. The molecule has 2 aromatic carbocycles. The minimum absolute atomic E-state index is 0.370. The normalized spacial score (nSPS) is 18.6. The summed E-state index contributed by atoms with van der Waals surface area (Å²) < 4.78 is 19.6. The first-order valence-corrected chi connectivity index (χ1v) is 11.7. The van der Waals surface area contributed by atoms with Crippen LogP contribution in [0.3, 0.4) is 0 Å². The maximum atomic E-state index is 13.8. The van der Waals surface area contributed by atoms with Crippen LogP contribution in [0.1, 0.15) is 68.6 Å². The minimum atomic E-state index is -0.381. The Hall–Kier alpha value is -1.82. The number of hydrogen-bond donors (Lipinski definition) is 0. The summed E-state index contributed by atoms with van der Waals surface area (Å²) in [4.78, 5) is 0. The van der Waals surface area contributed by atoms with Crippen molar-refractivity contribution in [1.82, 2.24) is 0 Å². The Balaban J connectivity index is 1.41. The molecule has 0 saturated heterocycles. The first-order valence-electron chi connectivity index (χ1n) is 11.3. The molecule has 1 saturated carbocycles. The smallest absolute Gasteiger partial charge is 0.140 e. The molecule has 2 aromatic rings. The van der Waals surface area contributed by atoms with E-state index < -0.39 is 0 Å². The van der Waals surface area contributed by atoms with E-state index in [1.807, 2.05) is 12.1 Å². The van der Waals surface area contributed by atoms with Crippen LogP contribution in [0.25, 0.3) is 0 Å². The fourth-order valence-electron chi connectivity index (χ4n) is 4.04. The lowest BCUT2D eigenvalue weighted by Crippen LogP contribution is -2.19. The van der Waals surface area contributed by atoms with Gasteiger partial charge in [-0.05, 0) is 79.8 Å². The number of rotatable bonds is 8. The summed E-state index contributed by atoms with van der Waals surface area (Å²) in [7, 11) is 0. The third kappa shape index (κ3) is 7.46. The zero-order chi connectivity index (χ0) is 21.2. The van der Waals surface area contributed by atoms with Crippen LogP contribution in [0.15, 0.2) is 42.5 Å². The molecule has 0 heterocycles. The molecule has 3 heteroatoms. The van der Waals surface area contributed by atoms with Crippen molar-refractivity contribution in [3.63, 3.8) is 0 Å². The maximum Gasteiger partial charge on any atom is 0.140 e. The Kier molecular flexibility index (Phi) is 9.25. The molecule has 1 aliphatic rings. The van der Waals surface area contributed by atoms with Crippen LogP contribution in [0, 0.1) is 29.5 Å². The van der Waals surface area contributed by atoms with Gasteiger partial charge in [-0.15, -0.1) is 0 Å². The van der Waals surface area contributed by atoms with Crippen LogP contribution in [-0.2, 0) is 11.2 Å². The molecule has 160 valence electrons. The van der Waals surface area contributed by atoms with Gasteiger partial charge in [0.15, 0.2) is 0 Å². The Morgan fingerprint density at radius 1 is 1.00 bits per heavy atom. The number of unbranched alkanes of at least 4 members (excludes halogenated alkanes) is 1. The molecule has 0 unspecified atom stereocenters. The van der Waals surface area contributed by atoms with Gasteiger partial charge in [-0.25, -0.2) is 4.39 Å². The predicted molar refractivity (Wildman–Crippen MR) is 123 cm³/mol. The van der Waals surface area contributed by atoms with Gasteiger partial charge in [0.2, 0.25) is 0 Å². The van der Waals surface area contributed by atoms with E-state index in [2.05, 4.69) is 30.9 Å². The number of halogens is 2. The molecule has 0 aromatic heterocycles. The van der Waals surface area contributed by atoms with Crippen LogP contribution in [0.4, 0.5) is 4.39 Å². The molecule has 0 spiro atoms. The van der Waals surface area contributed by atoms with Crippen LogP contribution in [-0.4, -0.2) is 13.2 Å². The SMILES string of the molecule is CCCCOCC1CCC(CCc2ccc(C#Cc3ccc(Cl)cc3F)cc2)CC1. The van der Waals surface area contributed by atoms with Crippen LogP contribution < -0.4 is 0 Å². The second-order valence-corrected chi connectivity index (χ2v) is 8.86. The van der Waals surface area contributed by atoms with E-state index in [0.717, 1.165) is 37.0 Å². The van der Waals surface area contributed by atoms with E-state index >= 15 is 0 Å². The van der Waals surface area contributed by atoms with Gasteiger partial charge in [-0.1, -0.05) is 61.8 Å². The molecule has 0 N–H and O–H groups in total. The molecular formula is C27H32ClFO. The van der Waals surface area contributed by atoms with Gasteiger partial charge >= 0.3 is 0 Å². The Morgan fingerprint density at radius 2 is 1.73 bits per heavy atom. The van der Waals surface area contributed by atoms with E-state index in [1.165, 1.54) is 56.6 Å². The number of benzene rings is 2. The van der Waals surface area contributed by atoms with Gasteiger partial charge in [-0.3, -0.25) is 0 Å². The summed E-state index contributed by atoms with van der Waals surface area (Å²) in [6.07, 6.45) is 10.0. The lowest BCUT2D eigenvalue weighted by molar-refractivity contribution is 0.0752. The molecule has 3 rings (SSSR count). The second-order valence-electron chi connectivity index (χ2n) is 8.42. The average Bonchev–Trinajstić information content (AvgIpc) is 2.76. The van der Waals surface area contributed by atoms with Crippen molar-refractivity contribution in [3.8, 4) is 11.8 Å². The molecule has 1 nitrogen and oxygen atoms in total. The van der Waals surface area contributed by atoms with Gasteiger partial charge < -0.3 is 4.74 Å². The summed E-state index contributed by atoms with van der Waals surface area (Å²) in [6.45, 7) is 4.08. The molecule has 0 atom stereocenters. The van der Waals surface area contributed by atoms with Crippen LogP contribution >= 0.6 is 11.6 Å². The maximum absolute atomic E-state index is 13.8. The summed E-state index contributed by atoms with van der Waals surface area (Å²) >= 11 is 5.78. The van der Waals surface area contributed by atoms with Crippen molar-refractivity contribution in [2.75, 3.05) is 13.2 Å². The van der Waals surface area contributed by atoms with Crippen LogP contribution in [0.5, 0.6) is 0 Å². The Labute approximate surface area is 186 Å². The highest BCUT2D eigenvalue weighted by molar-refractivity contribution is 6.30. The molecule has 0 bridgehead atoms. The van der Waals surface area contributed by atoms with Gasteiger partial charge in [-0.2, -0.15) is 0 Å². The van der Waals surface area contributed by atoms with E-state index in [4.69, 9.17) is 16.3 Å². The third-order valence-corrected chi connectivity index (χ3v) is 6.27. The van der Waals surface area contributed by atoms with Crippen LogP contribution in [0.2, 0.25) is 5.02 Å². The average molecular weight is 427 g/mol. The van der Waals surface area contributed by atoms with Crippen molar-refractivity contribution in [1.29, 1.82) is 0 Å². The number of hydrogen-bond acceptors (Lipinski definition) is 1. The van der Waals surface area contributed by atoms with E-state index in [-0.39, 0.29) is 5.82 Å². The Bertz CT molecular complexity index is 841. The lowest BCUT2D eigenvalue weighted by atomic mass is 9.80. The van der Waals surface area contributed by atoms with E-state index in [9.17, 15) is 4.39 Å². The fraction of sp³-hybridized carbons (Fsp3) is 0.481. The zero-order valence-corrected chi connectivity index (χ0v) is 18.7. The summed E-state index contributed by atoms with van der Waals surface area (Å²) in [5.74, 6) is 7.15. The number of aryl methyl sites for hydroxylation is 1. The summed E-state index contributed by atoms with van der Waals surface area (Å²) in [5.41, 5.74) is 2.62. The summed E-state index contributed by atoms with van der Waals surface area (Å²) in [5, 5.41) is 0.385. The molecular weight excluding hydrogens is 395 g/mol. The van der Waals surface area contributed by atoms with Crippen molar-refractivity contribution in [2.45, 2.75) is 58.3 Å². The van der Waals surface area contributed by atoms with Crippen molar-refractivity contribution in [3.05, 3.63) is 70.0 Å². The van der Waals surface area contributed by atoms with Gasteiger partial charge in [0.25, 0.3) is 0 Å². The molecule has 1 fully saturated rings. The molecule has 0 amide bonds. The quantitative estimate of drug-likeness (QED) is 0.315. The summed E-state index contributed by atoms with van der Waals surface area (Å²) in [6, 6.07) is 12.9. The van der Waals surface area contributed by atoms with Crippen molar-refractivity contribution < 1.29 is 9.13 Å². The highest BCUT2D eigenvalue weighted by atomic mass is 35.5. The molecule has 1 aliphatic carbocycles. The lowest BCUT2D eigenvalue weighted by Gasteiger charge is -2.28. The first kappa shape index (κ1) is 22.9. The standard InChI is InChI=1S/C27H32ClFO/c1-2-3-18-30-20-24-12-10-22(11-13-24)5-4-21-6-8-23(9-7-21)14-15-25-16-17-26(28)19-27(25)29/h6-9,16-17,19,22,24H,2-5,10-13,18,20H2,1H3. The molecule has 0 aliphatic heterocycles. The second kappa shape index (κ2) is 12.1. The largest absolute Gasteiger partial charge is 0.381 e. The zero-order valence-electron chi connectivity index (χ0n) is 17.9. The van der Waals surface area contributed by atoms with E-state index in [0.29, 0.717) is 10.6 Å². The highest BCUT2D eigenvalue weighted by Gasteiger charge is 2.21. The van der Waals surface area contributed by atoms with Gasteiger partial charge in [0, 0.05) is 23.8 Å². The number of ether oxygens (including phenoxy) is 1. The minimum Gasteiger partial charge on any atom is -0.381 e. The van der Waals surface area contributed by atoms with Gasteiger partial charge in [0.1, 0.15) is 5.82 Å². The van der Waals surface area contributed by atoms with Gasteiger partial charge in [0.05, 0.1) is 5.56 Å². The predicted octanol–water partition coefficient (Wildman–Crippen LogP) is 7.43. The van der Waals surface area contributed by atoms with Crippen molar-refractivity contribution >= 4 is 11.6 Å². The topological polar surface area (TPSA) is 9.23 Å². The van der Waals surface area contributed by atoms with E-state index in [1.54, 1.807) is 12.1 Å². The molecule has 30 heavy (non-hydrogen) atoms. The first-order chi connectivity index (χ1) is 14.6. The highest BCUT2D eigenvalue weighted by Crippen LogP contribution is 2.31. The van der Waals surface area contributed by atoms with Crippen molar-refractivity contribution in [2.24, 2.45) is 11.8 Å². The monoisotopic (exact) mass is 426 g/mol. The molecule has 0 radical (unpaired) electrons.